The van der Waals surface area contributed by atoms with Crippen LogP contribution in [0.4, 0.5) is 5.69 Å². The van der Waals surface area contributed by atoms with Gasteiger partial charge in [0.1, 0.15) is 0 Å². The molecule has 0 saturated heterocycles. The Morgan fingerprint density at radius 2 is 1.80 bits per heavy atom. The van der Waals surface area contributed by atoms with Crippen LogP contribution in [0.2, 0.25) is 0 Å². The van der Waals surface area contributed by atoms with Crippen LogP contribution in [0.15, 0.2) is 23.2 Å². The SMILES string of the molecule is Cc1cc(C)cc(N/C2=N/C(N)NCCCCCN2)c1. The molecule has 1 heterocycles. The van der Waals surface area contributed by atoms with Gasteiger partial charge in [-0.15, -0.1) is 0 Å². The van der Waals surface area contributed by atoms with Gasteiger partial charge in [0.05, 0.1) is 0 Å². The standard InChI is InChI=1S/C15H25N5/c1-11-8-12(2)10-13(9-11)19-15-18-7-5-3-4-6-17-14(16)20-15/h8-10,14,17H,3-7,16H2,1-2H3,(H2,18,19,20). The normalized spacial score (nSPS) is 23.4. The molecule has 0 saturated carbocycles. The average molecular weight is 275 g/mol. The third kappa shape index (κ3) is 4.83. The second-order valence-electron chi connectivity index (χ2n) is 5.37. The van der Waals surface area contributed by atoms with Crippen molar-refractivity contribution in [3.8, 4) is 0 Å². The fraction of sp³-hybridized carbons (Fsp3) is 0.533. The summed E-state index contributed by atoms with van der Waals surface area (Å²) in [5, 5.41) is 9.85. The number of guanidine groups is 1. The lowest BCUT2D eigenvalue weighted by Crippen LogP contribution is -2.42. The number of aryl methyl sites for hydroxylation is 2. The summed E-state index contributed by atoms with van der Waals surface area (Å²) in [6.07, 6.45) is 3.12. The van der Waals surface area contributed by atoms with E-state index in [2.05, 4.69) is 53.0 Å². The van der Waals surface area contributed by atoms with Gasteiger partial charge in [-0.3, -0.25) is 11.1 Å². The molecule has 0 bridgehead atoms. The van der Waals surface area contributed by atoms with Crippen molar-refractivity contribution < 1.29 is 0 Å². The van der Waals surface area contributed by atoms with Crippen molar-refractivity contribution in [3.05, 3.63) is 29.3 Å². The van der Waals surface area contributed by atoms with E-state index in [-0.39, 0.29) is 6.29 Å². The van der Waals surface area contributed by atoms with E-state index in [1.165, 1.54) is 17.5 Å². The highest BCUT2D eigenvalue weighted by molar-refractivity contribution is 5.93. The molecule has 2 rings (SSSR count). The number of aliphatic imine (C=N–C) groups is 1. The summed E-state index contributed by atoms with van der Waals surface area (Å²) in [5.74, 6) is 0.733. The first-order valence-corrected chi connectivity index (χ1v) is 7.29. The van der Waals surface area contributed by atoms with E-state index in [1.807, 2.05) is 0 Å². The van der Waals surface area contributed by atoms with Crippen molar-refractivity contribution in [1.29, 1.82) is 0 Å². The first-order chi connectivity index (χ1) is 9.63. The van der Waals surface area contributed by atoms with Crippen LogP contribution in [0.1, 0.15) is 30.4 Å². The zero-order valence-corrected chi connectivity index (χ0v) is 12.4. The number of hydrogen-bond acceptors (Lipinski definition) is 5. The second kappa shape index (κ2) is 7.26. The highest BCUT2D eigenvalue weighted by Crippen LogP contribution is 2.13. The lowest BCUT2D eigenvalue weighted by atomic mass is 10.1. The van der Waals surface area contributed by atoms with Crippen molar-refractivity contribution >= 4 is 11.6 Å². The summed E-state index contributed by atoms with van der Waals surface area (Å²) in [6.45, 7) is 6.02. The molecular weight excluding hydrogens is 250 g/mol. The number of rotatable bonds is 1. The van der Waals surface area contributed by atoms with E-state index < -0.39 is 0 Å². The minimum Gasteiger partial charge on any atom is -0.356 e. The minimum atomic E-state index is -0.367. The Bertz CT molecular complexity index is 449. The molecule has 20 heavy (non-hydrogen) atoms. The highest BCUT2D eigenvalue weighted by Gasteiger charge is 2.06. The molecule has 1 unspecified atom stereocenters. The Kier molecular flexibility index (Phi) is 5.38. The van der Waals surface area contributed by atoms with Gasteiger partial charge in [-0.1, -0.05) is 12.5 Å². The molecular formula is C15H25N5. The van der Waals surface area contributed by atoms with E-state index in [4.69, 9.17) is 5.73 Å². The molecule has 1 aliphatic heterocycles. The fourth-order valence-electron chi connectivity index (χ4n) is 2.37. The maximum Gasteiger partial charge on any atom is 0.198 e. The van der Waals surface area contributed by atoms with Crippen LogP contribution in [-0.2, 0) is 0 Å². The number of anilines is 1. The second-order valence-corrected chi connectivity index (χ2v) is 5.37. The first kappa shape index (κ1) is 14.8. The third-order valence-corrected chi connectivity index (χ3v) is 3.25. The predicted molar refractivity (Wildman–Crippen MR) is 84.8 cm³/mol. The van der Waals surface area contributed by atoms with E-state index in [0.29, 0.717) is 0 Å². The Labute approximate surface area is 121 Å². The molecule has 5 nitrogen and oxygen atoms in total. The summed E-state index contributed by atoms with van der Waals surface area (Å²) in [4.78, 5) is 4.45. The number of hydrogen-bond donors (Lipinski definition) is 4. The van der Waals surface area contributed by atoms with Gasteiger partial charge >= 0.3 is 0 Å². The number of nitrogens with one attached hydrogen (secondary N) is 3. The van der Waals surface area contributed by atoms with Crippen molar-refractivity contribution in [2.24, 2.45) is 10.7 Å². The fourth-order valence-corrected chi connectivity index (χ4v) is 2.37. The lowest BCUT2D eigenvalue weighted by Gasteiger charge is -2.18. The molecule has 0 fully saturated rings. The quantitative estimate of drug-likeness (QED) is 0.629. The van der Waals surface area contributed by atoms with Gasteiger partial charge in [0.25, 0.3) is 0 Å². The molecule has 1 aromatic rings. The molecule has 5 N–H and O–H groups in total. The van der Waals surface area contributed by atoms with E-state index in [0.717, 1.165) is 37.6 Å². The minimum absolute atomic E-state index is 0.367. The van der Waals surface area contributed by atoms with E-state index in [9.17, 15) is 0 Å². The Morgan fingerprint density at radius 3 is 2.55 bits per heavy atom. The van der Waals surface area contributed by atoms with Gasteiger partial charge in [-0.25, -0.2) is 4.99 Å². The summed E-state index contributed by atoms with van der Waals surface area (Å²) in [6, 6.07) is 6.37. The molecule has 0 amide bonds. The molecule has 5 heteroatoms. The van der Waals surface area contributed by atoms with Crippen LogP contribution in [-0.4, -0.2) is 25.3 Å². The van der Waals surface area contributed by atoms with Crippen LogP contribution in [0.3, 0.4) is 0 Å². The molecule has 110 valence electrons. The summed E-state index contributed by atoms with van der Waals surface area (Å²) >= 11 is 0. The van der Waals surface area contributed by atoms with Crippen molar-refractivity contribution in [3.63, 3.8) is 0 Å². The van der Waals surface area contributed by atoms with Gasteiger partial charge in [-0.05, 0) is 56.5 Å². The van der Waals surface area contributed by atoms with Gasteiger partial charge in [-0.2, -0.15) is 0 Å². The van der Waals surface area contributed by atoms with Crippen molar-refractivity contribution in [2.45, 2.75) is 39.4 Å². The van der Waals surface area contributed by atoms with Crippen LogP contribution >= 0.6 is 0 Å². The van der Waals surface area contributed by atoms with Gasteiger partial charge in [0.15, 0.2) is 12.2 Å². The third-order valence-electron chi connectivity index (χ3n) is 3.25. The topological polar surface area (TPSA) is 74.5 Å². The first-order valence-electron chi connectivity index (χ1n) is 7.29. The highest BCUT2D eigenvalue weighted by atomic mass is 15.3. The Hall–Kier alpha value is -1.59. The maximum absolute atomic E-state index is 5.95. The van der Waals surface area contributed by atoms with Crippen LogP contribution in [0, 0.1) is 13.8 Å². The van der Waals surface area contributed by atoms with Gasteiger partial charge < -0.3 is 10.6 Å². The summed E-state index contributed by atoms with van der Waals surface area (Å²) in [5.41, 5.74) is 9.45. The molecule has 0 aromatic heterocycles. The number of benzene rings is 1. The molecule has 1 aromatic carbocycles. The van der Waals surface area contributed by atoms with Crippen LogP contribution in [0.5, 0.6) is 0 Å². The smallest absolute Gasteiger partial charge is 0.198 e. The molecule has 0 spiro atoms. The van der Waals surface area contributed by atoms with Crippen LogP contribution in [0.25, 0.3) is 0 Å². The number of nitrogens with two attached hydrogens (primary N) is 1. The molecule has 0 radical (unpaired) electrons. The van der Waals surface area contributed by atoms with Crippen molar-refractivity contribution in [2.75, 3.05) is 18.4 Å². The zero-order chi connectivity index (χ0) is 14.4. The lowest BCUT2D eigenvalue weighted by molar-refractivity contribution is 0.509. The Balaban J connectivity index is 2.10. The van der Waals surface area contributed by atoms with E-state index >= 15 is 0 Å². The van der Waals surface area contributed by atoms with Crippen LogP contribution < -0.4 is 21.7 Å². The maximum atomic E-state index is 5.95. The van der Waals surface area contributed by atoms with Crippen molar-refractivity contribution in [1.82, 2.24) is 10.6 Å². The van der Waals surface area contributed by atoms with Gasteiger partial charge in [0.2, 0.25) is 0 Å². The average Bonchev–Trinajstić information content (AvgIpc) is 2.36. The zero-order valence-electron chi connectivity index (χ0n) is 12.4. The molecule has 1 aliphatic rings. The molecule has 1 atom stereocenters. The van der Waals surface area contributed by atoms with Gasteiger partial charge in [0, 0.05) is 12.2 Å². The number of nitrogens with zero attached hydrogens (tertiary/aromatic N) is 1. The summed E-state index contributed by atoms with van der Waals surface area (Å²) in [7, 11) is 0. The Morgan fingerprint density at radius 1 is 1.10 bits per heavy atom. The van der Waals surface area contributed by atoms with E-state index in [1.54, 1.807) is 0 Å². The monoisotopic (exact) mass is 275 g/mol. The predicted octanol–water partition coefficient (Wildman–Crippen LogP) is 1.68. The molecule has 0 aliphatic carbocycles. The summed E-state index contributed by atoms with van der Waals surface area (Å²) < 4.78 is 0. The largest absolute Gasteiger partial charge is 0.356 e.